The predicted molar refractivity (Wildman–Crippen MR) is 128 cm³/mol. The Morgan fingerprint density at radius 2 is 1.59 bits per heavy atom. The minimum Gasteiger partial charge on any atom is -0.481 e. The number of carbonyl (C=O) groups excluding carboxylic acids is 2. The maximum absolute atomic E-state index is 12.7. The van der Waals surface area contributed by atoms with Crippen LogP contribution < -0.4 is 10.6 Å². The van der Waals surface area contributed by atoms with Crippen molar-refractivity contribution in [1.29, 1.82) is 0 Å². The number of nitrogens with one attached hydrogen (secondary N) is 2. The number of fused-ring (bicyclic) bond motifs is 3. The van der Waals surface area contributed by atoms with Crippen LogP contribution in [-0.4, -0.2) is 42.8 Å². The van der Waals surface area contributed by atoms with Gasteiger partial charge >= 0.3 is 12.1 Å². The number of rotatable bonds is 9. The Bertz CT molecular complexity index is 1010. The monoisotopic (exact) mass is 464 g/mol. The first-order chi connectivity index (χ1) is 16.4. The van der Waals surface area contributed by atoms with E-state index in [0.29, 0.717) is 19.3 Å². The van der Waals surface area contributed by atoms with Gasteiger partial charge in [-0.25, -0.2) is 4.79 Å². The summed E-state index contributed by atoms with van der Waals surface area (Å²) in [7, 11) is 0. The van der Waals surface area contributed by atoms with Crippen molar-refractivity contribution in [3.63, 3.8) is 0 Å². The van der Waals surface area contributed by atoms with E-state index in [1.165, 1.54) is 0 Å². The van der Waals surface area contributed by atoms with Crippen LogP contribution in [0.25, 0.3) is 11.1 Å². The molecular weight excluding hydrogens is 432 g/mol. The number of aliphatic carboxylic acids is 1. The van der Waals surface area contributed by atoms with Crippen molar-refractivity contribution in [3.8, 4) is 11.1 Å². The molecule has 0 aromatic heterocycles. The van der Waals surface area contributed by atoms with E-state index in [1.807, 2.05) is 31.2 Å². The van der Waals surface area contributed by atoms with E-state index in [2.05, 4.69) is 34.9 Å². The molecule has 2 aromatic rings. The lowest BCUT2D eigenvalue weighted by Crippen LogP contribution is -2.45. The summed E-state index contributed by atoms with van der Waals surface area (Å²) >= 11 is 0. The lowest BCUT2D eigenvalue weighted by molar-refractivity contribution is -0.148. The minimum absolute atomic E-state index is 0.0259. The molecule has 7 heteroatoms. The zero-order valence-corrected chi connectivity index (χ0v) is 19.5. The molecule has 7 nitrogen and oxygen atoms in total. The van der Waals surface area contributed by atoms with Gasteiger partial charge < -0.3 is 20.5 Å². The van der Waals surface area contributed by atoms with Crippen molar-refractivity contribution in [3.05, 3.63) is 59.7 Å². The SMILES string of the molecule is CCC(CNC(=O)OCC1c2ccccc2-c2ccccc21)C(=O)NCC1(C(=O)O)CCCC1. The van der Waals surface area contributed by atoms with E-state index in [1.54, 1.807) is 0 Å². The maximum atomic E-state index is 12.7. The topological polar surface area (TPSA) is 105 Å². The molecule has 0 saturated heterocycles. The molecule has 1 unspecified atom stereocenters. The highest BCUT2D eigenvalue weighted by atomic mass is 16.5. The van der Waals surface area contributed by atoms with Crippen LogP contribution in [0.15, 0.2) is 48.5 Å². The molecule has 4 rings (SSSR count). The maximum Gasteiger partial charge on any atom is 0.407 e. The van der Waals surface area contributed by atoms with Gasteiger partial charge in [0.15, 0.2) is 0 Å². The molecule has 1 atom stereocenters. The highest BCUT2D eigenvalue weighted by molar-refractivity contribution is 5.82. The fourth-order valence-corrected chi connectivity index (χ4v) is 5.20. The largest absolute Gasteiger partial charge is 0.481 e. The first-order valence-electron chi connectivity index (χ1n) is 12.0. The second kappa shape index (κ2) is 10.3. The minimum atomic E-state index is -0.867. The normalized spacial score (nSPS) is 16.9. The van der Waals surface area contributed by atoms with Crippen LogP contribution in [0.5, 0.6) is 0 Å². The van der Waals surface area contributed by atoms with Crippen molar-refractivity contribution in [2.45, 2.75) is 44.9 Å². The molecule has 34 heavy (non-hydrogen) atoms. The van der Waals surface area contributed by atoms with Gasteiger partial charge in [-0.2, -0.15) is 0 Å². The van der Waals surface area contributed by atoms with Gasteiger partial charge in [-0.3, -0.25) is 9.59 Å². The number of carbonyl (C=O) groups is 3. The summed E-state index contributed by atoms with van der Waals surface area (Å²) in [4.78, 5) is 36.8. The Kier molecular flexibility index (Phi) is 7.20. The molecule has 2 aliphatic carbocycles. The smallest absolute Gasteiger partial charge is 0.407 e. The van der Waals surface area contributed by atoms with Crippen LogP contribution in [0.2, 0.25) is 0 Å². The summed E-state index contributed by atoms with van der Waals surface area (Å²) in [5.74, 6) is -1.57. The Morgan fingerprint density at radius 1 is 1.00 bits per heavy atom. The third-order valence-electron chi connectivity index (χ3n) is 7.32. The molecule has 3 N–H and O–H groups in total. The third kappa shape index (κ3) is 4.79. The Morgan fingerprint density at radius 3 is 2.15 bits per heavy atom. The van der Waals surface area contributed by atoms with E-state index in [-0.39, 0.29) is 31.5 Å². The number of alkyl carbamates (subject to hydrolysis) is 1. The molecule has 0 bridgehead atoms. The lowest BCUT2D eigenvalue weighted by atomic mass is 9.86. The molecule has 2 aromatic carbocycles. The van der Waals surface area contributed by atoms with E-state index in [4.69, 9.17) is 4.74 Å². The zero-order chi connectivity index (χ0) is 24.1. The van der Waals surface area contributed by atoms with Gasteiger partial charge in [-0.05, 0) is 41.5 Å². The summed E-state index contributed by atoms with van der Waals surface area (Å²) in [5, 5.41) is 15.1. The molecule has 2 aliphatic rings. The van der Waals surface area contributed by atoms with Gasteiger partial charge in [0, 0.05) is 19.0 Å². The number of ether oxygens (including phenoxy) is 1. The van der Waals surface area contributed by atoms with Gasteiger partial charge in [0.1, 0.15) is 6.61 Å². The summed E-state index contributed by atoms with van der Waals surface area (Å²) in [6.07, 6.45) is 2.85. The Balaban J connectivity index is 1.29. The Hall–Kier alpha value is -3.35. The zero-order valence-electron chi connectivity index (χ0n) is 19.5. The average Bonchev–Trinajstić information content (AvgIpc) is 3.46. The standard InChI is InChI=1S/C27H32N2O5/c1-2-18(24(30)29-17-27(25(31)32)13-7-8-14-27)15-28-26(33)34-16-23-21-11-5-3-9-19(21)20-10-4-6-12-22(20)23/h3-6,9-12,18,23H,2,7-8,13-17H2,1H3,(H,28,33)(H,29,30)(H,31,32). The van der Waals surface area contributed by atoms with E-state index in [0.717, 1.165) is 35.1 Å². The number of hydrogen-bond acceptors (Lipinski definition) is 4. The van der Waals surface area contributed by atoms with Crippen molar-refractivity contribution in [2.24, 2.45) is 11.3 Å². The van der Waals surface area contributed by atoms with Crippen molar-refractivity contribution in [2.75, 3.05) is 19.7 Å². The average molecular weight is 465 g/mol. The van der Waals surface area contributed by atoms with Crippen LogP contribution in [-0.2, 0) is 14.3 Å². The molecule has 0 aliphatic heterocycles. The van der Waals surface area contributed by atoms with Crippen LogP contribution in [0.4, 0.5) is 4.79 Å². The van der Waals surface area contributed by atoms with Gasteiger partial charge in [-0.1, -0.05) is 68.3 Å². The first kappa shape index (κ1) is 23.8. The number of carboxylic acids is 1. The van der Waals surface area contributed by atoms with Crippen molar-refractivity contribution in [1.82, 2.24) is 10.6 Å². The van der Waals surface area contributed by atoms with Crippen LogP contribution in [0.1, 0.15) is 56.1 Å². The summed E-state index contributed by atoms with van der Waals surface area (Å²) in [6, 6.07) is 16.3. The Labute approximate surface area is 199 Å². The number of benzene rings is 2. The molecular formula is C27H32N2O5. The van der Waals surface area contributed by atoms with Crippen molar-refractivity contribution >= 4 is 18.0 Å². The van der Waals surface area contributed by atoms with Gasteiger partial charge in [0.2, 0.25) is 5.91 Å². The molecule has 0 radical (unpaired) electrons. The number of amides is 2. The van der Waals surface area contributed by atoms with E-state index < -0.39 is 23.4 Å². The highest BCUT2D eigenvalue weighted by Gasteiger charge is 2.41. The summed E-state index contributed by atoms with van der Waals surface area (Å²) in [6.45, 7) is 2.35. The second-order valence-electron chi connectivity index (χ2n) is 9.32. The fraction of sp³-hybridized carbons (Fsp3) is 0.444. The van der Waals surface area contributed by atoms with Crippen LogP contribution in [0, 0.1) is 11.3 Å². The van der Waals surface area contributed by atoms with E-state index >= 15 is 0 Å². The van der Waals surface area contributed by atoms with Gasteiger partial charge in [-0.15, -0.1) is 0 Å². The molecule has 2 amide bonds. The van der Waals surface area contributed by atoms with E-state index in [9.17, 15) is 19.5 Å². The van der Waals surface area contributed by atoms with Gasteiger partial charge in [0.05, 0.1) is 11.3 Å². The molecule has 1 saturated carbocycles. The fourth-order valence-electron chi connectivity index (χ4n) is 5.20. The number of carboxylic acid groups (broad SMARTS) is 1. The highest BCUT2D eigenvalue weighted by Crippen LogP contribution is 2.44. The molecule has 180 valence electrons. The second-order valence-corrected chi connectivity index (χ2v) is 9.32. The first-order valence-corrected chi connectivity index (χ1v) is 12.0. The molecule has 0 heterocycles. The predicted octanol–water partition coefficient (Wildman–Crippen LogP) is 4.31. The molecule has 1 fully saturated rings. The summed E-state index contributed by atoms with van der Waals surface area (Å²) in [5.41, 5.74) is 3.74. The molecule has 0 spiro atoms. The van der Waals surface area contributed by atoms with Crippen LogP contribution >= 0.6 is 0 Å². The quantitative estimate of drug-likeness (QED) is 0.513. The summed E-state index contributed by atoms with van der Waals surface area (Å²) < 4.78 is 5.54. The third-order valence-corrected chi connectivity index (χ3v) is 7.32. The van der Waals surface area contributed by atoms with Gasteiger partial charge in [0.25, 0.3) is 0 Å². The number of hydrogen-bond donors (Lipinski definition) is 3. The lowest BCUT2D eigenvalue weighted by Gasteiger charge is -2.25. The van der Waals surface area contributed by atoms with Crippen molar-refractivity contribution < 1.29 is 24.2 Å². The van der Waals surface area contributed by atoms with Crippen LogP contribution in [0.3, 0.4) is 0 Å².